The molecule has 0 fully saturated rings. The summed E-state index contributed by atoms with van der Waals surface area (Å²) in [6, 6.07) is 7.10. The molecule has 0 radical (unpaired) electrons. The van der Waals surface area contributed by atoms with Crippen LogP contribution in [0.2, 0.25) is 0 Å². The molecule has 0 bridgehead atoms. The number of aromatic nitrogens is 2. The maximum Gasteiger partial charge on any atom is 0.327 e. The Labute approximate surface area is 109 Å². The van der Waals surface area contributed by atoms with Crippen LogP contribution in [0.1, 0.15) is 0 Å². The van der Waals surface area contributed by atoms with E-state index in [9.17, 15) is 9.59 Å². The monoisotopic (exact) mass is 309 g/mol. The predicted octanol–water partition coefficient (Wildman–Crippen LogP) is 1.82. The zero-order chi connectivity index (χ0) is 13.1. The van der Waals surface area contributed by atoms with Gasteiger partial charge in [-0.15, -0.1) is 10.2 Å². The van der Waals surface area contributed by atoms with Crippen molar-refractivity contribution in [2.24, 2.45) is 10.2 Å². The molecule has 0 aliphatic carbocycles. The molecule has 7 nitrogen and oxygen atoms in total. The molecule has 4 N–H and O–H groups in total. The Bertz CT molecular complexity index is 719. The van der Waals surface area contributed by atoms with E-state index in [0.29, 0.717) is 5.69 Å². The summed E-state index contributed by atoms with van der Waals surface area (Å²) >= 11 is 3.29. The maximum absolute atomic E-state index is 11.4. The number of rotatable bonds is 2. The first-order chi connectivity index (χ1) is 8.58. The standard InChI is InChI=1S/C10H8BrN5O2/c11-5-3-1-2-4-6(5)15-16-7-8(12)13-10(18)14-9(7)17/h1-4H,(H4,12,13,14,17,18). The van der Waals surface area contributed by atoms with Crippen molar-refractivity contribution in [2.75, 3.05) is 5.73 Å². The molecule has 2 aromatic rings. The quantitative estimate of drug-likeness (QED) is 0.734. The number of H-pyrrole nitrogens is 2. The second kappa shape index (κ2) is 4.96. The van der Waals surface area contributed by atoms with Gasteiger partial charge >= 0.3 is 5.69 Å². The normalized spacial score (nSPS) is 10.9. The summed E-state index contributed by atoms with van der Waals surface area (Å²) in [5, 5.41) is 7.62. The number of azo groups is 1. The zero-order valence-electron chi connectivity index (χ0n) is 8.98. The van der Waals surface area contributed by atoms with Crippen molar-refractivity contribution in [2.45, 2.75) is 0 Å². The Morgan fingerprint density at radius 3 is 2.50 bits per heavy atom. The fraction of sp³-hybridized carbons (Fsp3) is 0. The van der Waals surface area contributed by atoms with Crippen LogP contribution in [0.15, 0.2) is 48.6 Å². The van der Waals surface area contributed by atoms with Crippen molar-refractivity contribution >= 4 is 33.1 Å². The number of aromatic amines is 2. The van der Waals surface area contributed by atoms with Crippen LogP contribution >= 0.6 is 15.9 Å². The number of halogens is 1. The highest BCUT2D eigenvalue weighted by Crippen LogP contribution is 2.26. The molecule has 0 aliphatic heterocycles. The van der Waals surface area contributed by atoms with Crippen LogP contribution in [-0.4, -0.2) is 9.97 Å². The van der Waals surface area contributed by atoms with Gasteiger partial charge in [-0.1, -0.05) is 12.1 Å². The highest BCUT2D eigenvalue weighted by atomic mass is 79.9. The third-order valence-corrected chi connectivity index (χ3v) is 2.73. The number of nitrogen functional groups attached to an aromatic ring is 1. The molecule has 8 heteroatoms. The summed E-state index contributed by atoms with van der Waals surface area (Å²) in [4.78, 5) is 26.6. The lowest BCUT2D eigenvalue weighted by molar-refractivity contribution is 1.03. The van der Waals surface area contributed by atoms with Gasteiger partial charge in [0.1, 0.15) is 5.82 Å². The van der Waals surface area contributed by atoms with E-state index in [1.54, 1.807) is 18.2 Å². The molecular formula is C10H8BrN5O2. The van der Waals surface area contributed by atoms with Gasteiger partial charge in [-0.25, -0.2) is 4.79 Å². The Kier molecular flexibility index (Phi) is 3.38. The topological polar surface area (TPSA) is 116 Å². The Balaban J connectivity index is 2.45. The summed E-state index contributed by atoms with van der Waals surface area (Å²) < 4.78 is 0.730. The van der Waals surface area contributed by atoms with Crippen molar-refractivity contribution in [3.63, 3.8) is 0 Å². The van der Waals surface area contributed by atoms with E-state index >= 15 is 0 Å². The first-order valence-electron chi connectivity index (χ1n) is 4.86. The lowest BCUT2D eigenvalue weighted by atomic mass is 10.3. The van der Waals surface area contributed by atoms with Crippen LogP contribution in [0.3, 0.4) is 0 Å². The van der Waals surface area contributed by atoms with Crippen LogP contribution in [0, 0.1) is 0 Å². The van der Waals surface area contributed by atoms with Gasteiger partial charge < -0.3 is 5.73 Å². The van der Waals surface area contributed by atoms with Crippen LogP contribution in [0.5, 0.6) is 0 Å². The minimum atomic E-state index is -0.688. The van der Waals surface area contributed by atoms with Gasteiger partial charge in [-0.2, -0.15) is 0 Å². The average Bonchev–Trinajstić information content (AvgIpc) is 2.30. The van der Waals surface area contributed by atoms with E-state index in [1.165, 1.54) is 0 Å². The minimum Gasteiger partial charge on any atom is -0.383 e. The van der Waals surface area contributed by atoms with Crippen molar-refractivity contribution in [3.05, 3.63) is 49.6 Å². The van der Waals surface area contributed by atoms with E-state index in [1.807, 2.05) is 11.1 Å². The Hall–Kier alpha value is -2.22. The minimum absolute atomic E-state index is 0.125. The van der Waals surface area contributed by atoms with Crippen molar-refractivity contribution < 1.29 is 0 Å². The molecule has 0 atom stereocenters. The summed E-state index contributed by atoms with van der Waals surface area (Å²) in [6.45, 7) is 0. The molecule has 92 valence electrons. The fourth-order valence-corrected chi connectivity index (χ4v) is 1.60. The van der Waals surface area contributed by atoms with Gasteiger partial charge in [0.05, 0.1) is 5.69 Å². The Morgan fingerprint density at radius 1 is 1.11 bits per heavy atom. The van der Waals surface area contributed by atoms with Gasteiger partial charge in [-0.05, 0) is 28.1 Å². The molecule has 0 saturated heterocycles. The summed E-state index contributed by atoms with van der Waals surface area (Å²) in [6.07, 6.45) is 0. The first-order valence-corrected chi connectivity index (χ1v) is 5.65. The van der Waals surface area contributed by atoms with Gasteiger partial charge in [-0.3, -0.25) is 14.8 Å². The lowest BCUT2D eigenvalue weighted by Gasteiger charge is -1.97. The molecule has 0 aliphatic rings. The van der Waals surface area contributed by atoms with Crippen LogP contribution < -0.4 is 17.0 Å². The number of benzene rings is 1. The number of nitrogens with two attached hydrogens (primary N) is 1. The van der Waals surface area contributed by atoms with Crippen LogP contribution in [0.25, 0.3) is 0 Å². The van der Waals surface area contributed by atoms with E-state index in [4.69, 9.17) is 5.73 Å². The van der Waals surface area contributed by atoms with Gasteiger partial charge in [0, 0.05) is 4.47 Å². The van der Waals surface area contributed by atoms with Crippen LogP contribution in [-0.2, 0) is 0 Å². The number of hydrogen-bond acceptors (Lipinski definition) is 5. The molecule has 0 saturated carbocycles. The number of anilines is 1. The highest BCUT2D eigenvalue weighted by Gasteiger charge is 2.05. The molecule has 1 heterocycles. The molecule has 0 amide bonds. The number of nitrogens with one attached hydrogen (secondary N) is 2. The largest absolute Gasteiger partial charge is 0.383 e. The van der Waals surface area contributed by atoms with E-state index < -0.39 is 11.2 Å². The lowest BCUT2D eigenvalue weighted by Crippen LogP contribution is -2.23. The Morgan fingerprint density at radius 2 is 1.83 bits per heavy atom. The van der Waals surface area contributed by atoms with Gasteiger partial charge in [0.25, 0.3) is 5.56 Å². The highest BCUT2D eigenvalue weighted by molar-refractivity contribution is 9.10. The zero-order valence-corrected chi connectivity index (χ0v) is 10.6. The second-order valence-electron chi connectivity index (χ2n) is 3.32. The van der Waals surface area contributed by atoms with Gasteiger partial charge in [0.2, 0.25) is 0 Å². The molecule has 0 spiro atoms. The fourth-order valence-electron chi connectivity index (χ4n) is 1.23. The predicted molar refractivity (Wildman–Crippen MR) is 70.4 cm³/mol. The van der Waals surface area contributed by atoms with E-state index in [2.05, 4.69) is 31.1 Å². The molecule has 2 rings (SSSR count). The summed E-state index contributed by atoms with van der Waals surface area (Å²) in [5.41, 5.74) is 4.52. The van der Waals surface area contributed by atoms with E-state index in [0.717, 1.165) is 4.47 Å². The van der Waals surface area contributed by atoms with Crippen molar-refractivity contribution in [3.8, 4) is 0 Å². The second-order valence-corrected chi connectivity index (χ2v) is 4.18. The molecule has 1 aromatic heterocycles. The van der Waals surface area contributed by atoms with Crippen molar-refractivity contribution in [1.82, 2.24) is 9.97 Å². The van der Waals surface area contributed by atoms with E-state index in [-0.39, 0.29) is 11.5 Å². The smallest absolute Gasteiger partial charge is 0.327 e. The summed E-state index contributed by atoms with van der Waals surface area (Å²) in [7, 11) is 0. The molecular weight excluding hydrogens is 302 g/mol. The maximum atomic E-state index is 11.4. The molecule has 0 unspecified atom stereocenters. The third kappa shape index (κ3) is 2.54. The van der Waals surface area contributed by atoms with Crippen molar-refractivity contribution in [1.29, 1.82) is 0 Å². The third-order valence-electron chi connectivity index (χ3n) is 2.06. The first kappa shape index (κ1) is 12.2. The number of hydrogen-bond donors (Lipinski definition) is 3. The SMILES string of the molecule is Nc1[nH]c(=O)[nH]c(=O)c1N=Nc1ccccc1Br. The van der Waals surface area contributed by atoms with Gasteiger partial charge in [0.15, 0.2) is 5.69 Å². The number of nitrogens with zero attached hydrogens (tertiary/aromatic N) is 2. The average molecular weight is 310 g/mol. The van der Waals surface area contributed by atoms with Crippen LogP contribution in [0.4, 0.5) is 17.2 Å². The molecule has 1 aromatic carbocycles. The summed E-state index contributed by atoms with van der Waals surface area (Å²) in [5.74, 6) is -0.125. The molecule has 18 heavy (non-hydrogen) atoms.